The van der Waals surface area contributed by atoms with E-state index in [9.17, 15) is 13.2 Å². The first-order valence-electron chi connectivity index (χ1n) is 7.38. The molecule has 0 aliphatic rings. The highest BCUT2D eigenvalue weighted by atomic mass is 35.5. The molecule has 124 valence electrons. The maximum Gasteiger partial charge on any atom is 0.243 e. The summed E-state index contributed by atoms with van der Waals surface area (Å²) >= 11 is 5.68. The summed E-state index contributed by atoms with van der Waals surface area (Å²) in [6.07, 6.45) is 1.53. The van der Waals surface area contributed by atoms with Crippen LogP contribution in [0.25, 0.3) is 0 Å². The van der Waals surface area contributed by atoms with Gasteiger partial charge >= 0.3 is 0 Å². The largest absolute Gasteiger partial charge is 0.325 e. The van der Waals surface area contributed by atoms with Gasteiger partial charge in [-0.15, -0.1) is 11.6 Å². The highest BCUT2D eigenvalue weighted by molar-refractivity contribution is 7.89. The van der Waals surface area contributed by atoms with Crippen LogP contribution in [-0.4, -0.2) is 37.1 Å². The van der Waals surface area contributed by atoms with Crippen LogP contribution in [0.15, 0.2) is 29.2 Å². The predicted molar refractivity (Wildman–Crippen MR) is 89.7 cm³/mol. The van der Waals surface area contributed by atoms with Gasteiger partial charge < -0.3 is 5.32 Å². The first-order chi connectivity index (χ1) is 10.3. The predicted octanol–water partition coefficient (Wildman–Crippen LogP) is 3.06. The zero-order valence-electron chi connectivity index (χ0n) is 13.2. The van der Waals surface area contributed by atoms with Crippen molar-refractivity contribution < 1.29 is 13.2 Å². The van der Waals surface area contributed by atoms with Crippen LogP contribution in [0.3, 0.4) is 0 Å². The first-order valence-corrected chi connectivity index (χ1v) is 9.25. The average molecular weight is 347 g/mol. The minimum Gasteiger partial charge on any atom is -0.325 e. The molecule has 0 saturated heterocycles. The maximum atomic E-state index is 12.6. The van der Waals surface area contributed by atoms with E-state index in [-0.39, 0.29) is 10.8 Å². The normalized spacial score (nSPS) is 13.1. The molecule has 0 saturated carbocycles. The standard InChI is InChI=1S/C15H23ClN2O3S/c1-4-10-18(11-5-2)22(20,21)14-8-6-13(7-9-14)17-15(19)12(3)16/h6-9,12H,4-5,10-11H2,1-3H3,(H,17,19)/t12-/m1/s1. The Morgan fingerprint density at radius 2 is 1.68 bits per heavy atom. The highest BCUT2D eigenvalue weighted by Gasteiger charge is 2.22. The van der Waals surface area contributed by atoms with Crippen LogP contribution in [0.1, 0.15) is 33.6 Å². The van der Waals surface area contributed by atoms with E-state index in [2.05, 4.69) is 5.32 Å². The number of alkyl halides is 1. The van der Waals surface area contributed by atoms with Crippen LogP contribution in [0.5, 0.6) is 0 Å². The molecule has 1 rings (SSSR count). The Hall–Kier alpha value is -1.11. The van der Waals surface area contributed by atoms with E-state index < -0.39 is 15.4 Å². The number of amides is 1. The van der Waals surface area contributed by atoms with E-state index in [0.717, 1.165) is 12.8 Å². The molecule has 0 fully saturated rings. The van der Waals surface area contributed by atoms with E-state index in [4.69, 9.17) is 11.6 Å². The van der Waals surface area contributed by atoms with Crippen molar-refractivity contribution >= 4 is 33.2 Å². The molecule has 1 aromatic rings. The number of carbonyl (C=O) groups is 1. The first kappa shape index (κ1) is 18.9. The third kappa shape index (κ3) is 4.97. The zero-order chi connectivity index (χ0) is 16.8. The molecule has 1 amide bonds. The van der Waals surface area contributed by atoms with Crippen molar-refractivity contribution in [3.8, 4) is 0 Å². The van der Waals surface area contributed by atoms with E-state index in [1.807, 2.05) is 13.8 Å². The Balaban J connectivity index is 2.94. The molecule has 0 radical (unpaired) electrons. The van der Waals surface area contributed by atoms with Gasteiger partial charge in [0, 0.05) is 18.8 Å². The molecule has 7 heteroatoms. The fourth-order valence-electron chi connectivity index (χ4n) is 1.95. The van der Waals surface area contributed by atoms with Crippen molar-refractivity contribution in [2.75, 3.05) is 18.4 Å². The number of nitrogens with one attached hydrogen (secondary N) is 1. The molecular weight excluding hydrogens is 324 g/mol. The SMILES string of the molecule is CCCN(CCC)S(=O)(=O)c1ccc(NC(=O)[C@@H](C)Cl)cc1. The zero-order valence-corrected chi connectivity index (χ0v) is 14.7. The second-order valence-corrected chi connectivity index (χ2v) is 7.63. The fourth-order valence-corrected chi connectivity index (χ4v) is 3.63. The molecule has 1 aromatic carbocycles. The molecule has 0 bridgehead atoms. The van der Waals surface area contributed by atoms with Crippen molar-refractivity contribution in [3.63, 3.8) is 0 Å². The van der Waals surface area contributed by atoms with E-state index in [0.29, 0.717) is 18.8 Å². The topological polar surface area (TPSA) is 66.5 Å². The van der Waals surface area contributed by atoms with Gasteiger partial charge in [0.25, 0.3) is 0 Å². The number of carbonyl (C=O) groups excluding carboxylic acids is 1. The summed E-state index contributed by atoms with van der Waals surface area (Å²) in [5.74, 6) is -0.323. The number of nitrogens with zero attached hydrogens (tertiary/aromatic N) is 1. The Morgan fingerprint density at radius 1 is 1.18 bits per heavy atom. The summed E-state index contributed by atoms with van der Waals surface area (Å²) in [5.41, 5.74) is 0.522. The van der Waals surface area contributed by atoms with Crippen molar-refractivity contribution in [2.45, 2.75) is 43.9 Å². The molecule has 0 aliphatic heterocycles. The van der Waals surface area contributed by atoms with Gasteiger partial charge in [0.2, 0.25) is 15.9 Å². The number of rotatable bonds is 8. The van der Waals surface area contributed by atoms with Crippen LogP contribution < -0.4 is 5.32 Å². The maximum absolute atomic E-state index is 12.6. The molecule has 1 atom stereocenters. The number of hydrogen-bond acceptors (Lipinski definition) is 3. The van der Waals surface area contributed by atoms with Crippen LogP contribution >= 0.6 is 11.6 Å². The minimum atomic E-state index is -3.49. The van der Waals surface area contributed by atoms with Crippen molar-refractivity contribution in [3.05, 3.63) is 24.3 Å². The lowest BCUT2D eigenvalue weighted by Gasteiger charge is -2.21. The third-order valence-electron chi connectivity index (χ3n) is 3.07. The number of hydrogen-bond donors (Lipinski definition) is 1. The Labute approximate surface area is 137 Å². The van der Waals surface area contributed by atoms with Gasteiger partial charge in [0.15, 0.2) is 0 Å². The van der Waals surface area contributed by atoms with Crippen LogP contribution in [0.4, 0.5) is 5.69 Å². The van der Waals surface area contributed by atoms with E-state index >= 15 is 0 Å². The number of benzene rings is 1. The van der Waals surface area contributed by atoms with Gasteiger partial charge in [-0.1, -0.05) is 13.8 Å². The molecule has 0 unspecified atom stereocenters. The minimum absolute atomic E-state index is 0.228. The summed E-state index contributed by atoms with van der Waals surface area (Å²) in [7, 11) is -3.49. The molecule has 5 nitrogen and oxygen atoms in total. The molecule has 0 aromatic heterocycles. The molecule has 0 aliphatic carbocycles. The average Bonchev–Trinajstić information content (AvgIpc) is 2.47. The van der Waals surface area contributed by atoms with Gasteiger partial charge in [-0.3, -0.25) is 4.79 Å². The molecule has 22 heavy (non-hydrogen) atoms. The highest BCUT2D eigenvalue weighted by Crippen LogP contribution is 2.19. The third-order valence-corrected chi connectivity index (χ3v) is 5.18. The van der Waals surface area contributed by atoms with Gasteiger partial charge in [0.1, 0.15) is 5.38 Å². The van der Waals surface area contributed by atoms with Crippen LogP contribution in [0.2, 0.25) is 0 Å². The van der Waals surface area contributed by atoms with E-state index in [1.54, 1.807) is 19.1 Å². The van der Waals surface area contributed by atoms with Gasteiger partial charge in [-0.05, 0) is 44.0 Å². The monoisotopic (exact) mass is 346 g/mol. The quantitative estimate of drug-likeness (QED) is 0.735. The van der Waals surface area contributed by atoms with Crippen LogP contribution in [0, 0.1) is 0 Å². The number of sulfonamides is 1. The van der Waals surface area contributed by atoms with Crippen LogP contribution in [-0.2, 0) is 14.8 Å². The number of anilines is 1. The Morgan fingerprint density at radius 3 is 2.09 bits per heavy atom. The smallest absolute Gasteiger partial charge is 0.243 e. The van der Waals surface area contributed by atoms with Gasteiger partial charge in [0.05, 0.1) is 4.90 Å². The van der Waals surface area contributed by atoms with Crippen molar-refractivity contribution in [1.29, 1.82) is 0 Å². The van der Waals surface area contributed by atoms with Crippen molar-refractivity contribution in [1.82, 2.24) is 4.31 Å². The second kappa shape index (κ2) is 8.50. The van der Waals surface area contributed by atoms with E-state index in [1.165, 1.54) is 16.4 Å². The molecule has 0 spiro atoms. The van der Waals surface area contributed by atoms with Crippen molar-refractivity contribution in [2.24, 2.45) is 0 Å². The molecular formula is C15H23ClN2O3S. The Bertz CT molecular complexity index is 579. The number of halogens is 1. The fraction of sp³-hybridized carbons (Fsp3) is 0.533. The molecule has 1 N–H and O–H groups in total. The lowest BCUT2D eigenvalue weighted by Crippen LogP contribution is -2.32. The van der Waals surface area contributed by atoms with Gasteiger partial charge in [-0.25, -0.2) is 8.42 Å². The van der Waals surface area contributed by atoms with Gasteiger partial charge in [-0.2, -0.15) is 4.31 Å². The summed E-state index contributed by atoms with van der Waals surface area (Å²) in [6.45, 7) is 6.47. The Kier molecular flexibility index (Phi) is 7.32. The summed E-state index contributed by atoms with van der Waals surface area (Å²) in [5, 5.41) is 1.97. The second-order valence-electron chi connectivity index (χ2n) is 5.03. The summed E-state index contributed by atoms with van der Waals surface area (Å²) in [6, 6.07) is 6.14. The summed E-state index contributed by atoms with van der Waals surface area (Å²) in [4.78, 5) is 11.7. The lowest BCUT2D eigenvalue weighted by atomic mass is 10.3. The molecule has 0 heterocycles. The lowest BCUT2D eigenvalue weighted by molar-refractivity contribution is -0.115. The summed E-state index contributed by atoms with van der Waals surface area (Å²) < 4.78 is 26.6.